The highest BCUT2D eigenvalue weighted by molar-refractivity contribution is 5.23. The Kier molecular flexibility index (Phi) is 6.85. The van der Waals surface area contributed by atoms with Crippen molar-refractivity contribution in [1.29, 1.82) is 0 Å². The standard InChI is InChI=1S/C16H28N2O/c1-6-18-16(12(2)3)8-7-14-9-15(11-17-10-14)19-13(4)5/h9-13,16,18H,6-8H2,1-5H3. The zero-order chi connectivity index (χ0) is 14.3. The summed E-state index contributed by atoms with van der Waals surface area (Å²) in [5.74, 6) is 1.53. The zero-order valence-corrected chi connectivity index (χ0v) is 12.9. The molecule has 1 atom stereocenters. The molecule has 0 radical (unpaired) electrons. The van der Waals surface area contributed by atoms with Crippen LogP contribution in [-0.4, -0.2) is 23.7 Å². The number of aromatic nitrogens is 1. The number of rotatable bonds is 8. The largest absolute Gasteiger partial charge is 0.489 e. The maximum Gasteiger partial charge on any atom is 0.138 e. The van der Waals surface area contributed by atoms with E-state index in [0.717, 1.165) is 25.1 Å². The first-order valence-corrected chi connectivity index (χ1v) is 7.36. The van der Waals surface area contributed by atoms with Crippen molar-refractivity contribution in [3.8, 4) is 5.75 Å². The molecule has 0 aliphatic rings. The Morgan fingerprint density at radius 3 is 2.53 bits per heavy atom. The Morgan fingerprint density at radius 1 is 1.21 bits per heavy atom. The van der Waals surface area contributed by atoms with E-state index in [1.165, 1.54) is 5.56 Å². The minimum atomic E-state index is 0.197. The third-order valence-electron chi connectivity index (χ3n) is 3.16. The lowest BCUT2D eigenvalue weighted by Gasteiger charge is -2.21. The highest BCUT2D eigenvalue weighted by Gasteiger charge is 2.12. The van der Waals surface area contributed by atoms with Gasteiger partial charge >= 0.3 is 0 Å². The summed E-state index contributed by atoms with van der Waals surface area (Å²) in [6.07, 6.45) is 6.10. The number of hydrogen-bond donors (Lipinski definition) is 1. The van der Waals surface area contributed by atoms with Crippen LogP contribution in [0.15, 0.2) is 18.5 Å². The molecule has 0 bridgehead atoms. The maximum absolute atomic E-state index is 5.68. The van der Waals surface area contributed by atoms with Crippen molar-refractivity contribution in [2.24, 2.45) is 5.92 Å². The van der Waals surface area contributed by atoms with Crippen LogP contribution in [0.1, 0.15) is 46.6 Å². The summed E-state index contributed by atoms with van der Waals surface area (Å²) in [4.78, 5) is 4.26. The van der Waals surface area contributed by atoms with Crippen LogP contribution in [0.3, 0.4) is 0 Å². The number of nitrogens with one attached hydrogen (secondary N) is 1. The number of aryl methyl sites for hydroxylation is 1. The van der Waals surface area contributed by atoms with Gasteiger partial charge in [-0.15, -0.1) is 0 Å². The van der Waals surface area contributed by atoms with Gasteiger partial charge in [0.25, 0.3) is 0 Å². The van der Waals surface area contributed by atoms with Crippen molar-refractivity contribution in [2.75, 3.05) is 6.54 Å². The summed E-state index contributed by atoms with van der Waals surface area (Å²) in [5, 5.41) is 3.55. The van der Waals surface area contributed by atoms with Gasteiger partial charge in [0.15, 0.2) is 0 Å². The van der Waals surface area contributed by atoms with E-state index in [4.69, 9.17) is 4.74 Å². The second-order valence-electron chi connectivity index (χ2n) is 5.64. The van der Waals surface area contributed by atoms with E-state index in [2.05, 4.69) is 37.1 Å². The highest BCUT2D eigenvalue weighted by atomic mass is 16.5. The number of pyridine rings is 1. The predicted molar refractivity (Wildman–Crippen MR) is 80.6 cm³/mol. The first-order valence-electron chi connectivity index (χ1n) is 7.36. The first-order chi connectivity index (χ1) is 9.02. The lowest BCUT2D eigenvalue weighted by molar-refractivity contribution is 0.241. The normalized spacial score (nSPS) is 13.0. The van der Waals surface area contributed by atoms with Gasteiger partial charge in [-0.25, -0.2) is 0 Å². The molecule has 1 unspecified atom stereocenters. The van der Waals surface area contributed by atoms with Crippen molar-refractivity contribution in [3.05, 3.63) is 24.0 Å². The molecule has 0 fully saturated rings. The fourth-order valence-corrected chi connectivity index (χ4v) is 2.19. The monoisotopic (exact) mass is 264 g/mol. The lowest BCUT2D eigenvalue weighted by Crippen LogP contribution is -2.34. The molecule has 3 heteroatoms. The molecule has 1 rings (SSSR count). The SMILES string of the molecule is CCNC(CCc1cncc(OC(C)C)c1)C(C)C. The Balaban J connectivity index is 2.56. The molecule has 0 amide bonds. The number of hydrogen-bond acceptors (Lipinski definition) is 3. The lowest BCUT2D eigenvalue weighted by atomic mass is 9.97. The van der Waals surface area contributed by atoms with Crippen LogP contribution in [-0.2, 0) is 6.42 Å². The van der Waals surface area contributed by atoms with Gasteiger partial charge in [-0.05, 0) is 50.8 Å². The van der Waals surface area contributed by atoms with Gasteiger partial charge in [0, 0.05) is 12.2 Å². The minimum Gasteiger partial charge on any atom is -0.489 e. The molecule has 1 aromatic rings. The van der Waals surface area contributed by atoms with Crippen LogP contribution in [0.5, 0.6) is 5.75 Å². The van der Waals surface area contributed by atoms with Crippen molar-refractivity contribution in [2.45, 2.75) is 59.6 Å². The predicted octanol–water partition coefficient (Wildman–Crippen LogP) is 3.44. The molecule has 0 aromatic carbocycles. The van der Waals surface area contributed by atoms with E-state index in [0.29, 0.717) is 12.0 Å². The van der Waals surface area contributed by atoms with E-state index in [9.17, 15) is 0 Å². The Hall–Kier alpha value is -1.09. The summed E-state index contributed by atoms with van der Waals surface area (Å²) in [5.41, 5.74) is 1.25. The van der Waals surface area contributed by atoms with Gasteiger partial charge in [-0.1, -0.05) is 20.8 Å². The first kappa shape index (κ1) is 16.0. The van der Waals surface area contributed by atoms with Crippen LogP contribution in [0.25, 0.3) is 0 Å². The van der Waals surface area contributed by atoms with E-state index < -0.39 is 0 Å². The molecule has 0 aliphatic heterocycles. The van der Waals surface area contributed by atoms with Crippen molar-refractivity contribution in [1.82, 2.24) is 10.3 Å². The van der Waals surface area contributed by atoms with Crippen LogP contribution in [0.4, 0.5) is 0 Å². The maximum atomic E-state index is 5.68. The number of nitrogens with zero attached hydrogens (tertiary/aromatic N) is 1. The van der Waals surface area contributed by atoms with Gasteiger partial charge in [-0.2, -0.15) is 0 Å². The molecule has 0 spiro atoms. The molecule has 19 heavy (non-hydrogen) atoms. The minimum absolute atomic E-state index is 0.197. The van der Waals surface area contributed by atoms with Crippen molar-refractivity contribution in [3.63, 3.8) is 0 Å². The van der Waals surface area contributed by atoms with E-state index >= 15 is 0 Å². The molecule has 1 N–H and O–H groups in total. The quantitative estimate of drug-likeness (QED) is 0.781. The van der Waals surface area contributed by atoms with Crippen LogP contribution in [0.2, 0.25) is 0 Å². The van der Waals surface area contributed by atoms with Crippen LogP contribution in [0, 0.1) is 5.92 Å². The van der Waals surface area contributed by atoms with Gasteiger partial charge in [0.2, 0.25) is 0 Å². The van der Waals surface area contributed by atoms with Crippen molar-refractivity contribution >= 4 is 0 Å². The molecule has 108 valence electrons. The Bertz CT molecular complexity index is 364. The summed E-state index contributed by atoms with van der Waals surface area (Å²) in [7, 11) is 0. The molecular formula is C16H28N2O. The van der Waals surface area contributed by atoms with Crippen LogP contribution >= 0.6 is 0 Å². The fourth-order valence-electron chi connectivity index (χ4n) is 2.19. The summed E-state index contributed by atoms with van der Waals surface area (Å²) in [6, 6.07) is 2.68. The number of ether oxygens (including phenoxy) is 1. The van der Waals surface area contributed by atoms with E-state index in [1.807, 2.05) is 20.0 Å². The summed E-state index contributed by atoms with van der Waals surface area (Å²) in [6.45, 7) is 11.8. The molecule has 1 heterocycles. The summed E-state index contributed by atoms with van der Waals surface area (Å²) >= 11 is 0. The third kappa shape index (κ3) is 6.06. The smallest absolute Gasteiger partial charge is 0.138 e. The average Bonchev–Trinajstić information content (AvgIpc) is 2.33. The topological polar surface area (TPSA) is 34.2 Å². The van der Waals surface area contributed by atoms with Gasteiger partial charge < -0.3 is 10.1 Å². The Morgan fingerprint density at radius 2 is 1.95 bits per heavy atom. The van der Waals surface area contributed by atoms with Gasteiger partial charge in [-0.3, -0.25) is 4.98 Å². The highest BCUT2D eigenvalue weighted by Crippen LogP contribution is 2.16. The Labute approximate surface area is 117 Å². The van der Waals surface area contributed by atoms with Crippen molar-refractivity contribution < 1.29 is 4.74 Å². The summed E-state index contributed by atoms with van der Waals surface area (Å²) < 4.78 is 5.68. The second-order valence-corrected chi connectivity index (χ2v) is 5.64. The van der Waals surface area contributed by atoms with Gasteiger partial charge in [0.1, 0.15) is 5.75 Å². The fraction of sp³-hybridized carbons (Fsp3) is 0.688. The van der Waals surface area contributed by atoms with Gasteiger partial charge in [0.05, 0.1) is 12.3 Å². The molecule has 0 saturated carbocycles. The second kappa shape index (κ2) is 8.16. The van der Waals surface area contributed by atoms with Crippen LogP contribution < -0.4 is 10.1 Å². The molecular weight excluding hydrogens is 236 g/mol. The average molecular weight is 264 g/mol. The zero-order valence-electron chi connectivity index (χ0n) is 12.9. The molecule has 0 saturated heterocycles. The molecule has 0 aliphatic carbocycles. The molecule has 3 nitrogen and oxygen atoms in total. The third-order valence-corrected chi connectivity index (χ3v) is 3.16. The van der Waals surface area contributed by atoms with E-state index in [1.54, 1.807) is 6.20 Å². The van der Waals surface area contributed by atoms with E-state index in [-0.39, 0.29) is 6.10 Å². The molecule has 1 aromatic heterocycles.